The maximum absolute atomic E-state index is 13.7. The van der Waals surface area contributed by atoms with Gasteiger partial charge in [0.2, 0.25) is 0 Å². The quantitative estimate of drug-likeness (QED) is 0.358. The van der Waals surface area contributed by atoms with Gasteiger partial charge in [-0.1, -0.05) is 65.7 Å². The second kappa shape index (κ2) is 8.12. The van der Waals surface area contributed by atoms with Crippen LogP contribution in [-0.4, -0.2) is 39.6 Å². The molecule has 2 aliphatic carbocycles. The fraction of sp³-hybridized carbons (Fsp3) is 0.280. The summed E-state index contributed by atoms with van der Waals surface area (Å²) < 4.78 is 0. The molecule has 8 heteroatoms. The van der Waals surface area contributed by atoms with Gasteiger partial charge in [0.1, 0.15) is 6.04 Å². The van der Waals surface area contributed by atoms with Crippen LogP contribution in [0.25, 0.3) is 0 Å². The van der Waals surface area contributed by atoms with Crippen LogP contribution in [-0.2, 0) is 9.59 Å². The monoisotopic (exact) mass is 482 g/mol. The predicted octanol–water partition coefficient (Wildman–Crippen LogP) is 4.43. The SMILES string of the molecule is C[C@H](C(=O)c1ccccc1)N(C(=O)c1ccc(Cl)cc1Cl)N1C(=O)[C@H]2[C@H](C1=O)[C@H]1C=C[C@H]2C1. The van der Waals surface area contributed by atoms with Crippen LogP contribution in [0.4, 0.5) is 0 Å². The first kappa shape index (κ1) is 21.9. The number of imide groups is 1. The molecule has 1 aliphatic heterocycles. The minimum absolute atomic E-state index is 0.0300. The maximum Gasteiger partial charge on any atom is 0.275 e. The average molecular weight is 483 g/mol. The van der Waals surface area contributed by atoms with Crippen molar-refractivity contribution in [3.8, 4) is 0 Å². The second-order valence-electron chi connectivity index (χ2n) is 8.67. The first-order valence-corrected chi connectivity index (χ1v) is 11.5. The number of ketones is 1. The van der Waals surface area contributed by atoms with Crippen LogP contribution in [0.15, 0.2) is 60.7 Å². The minimum Gasteiger partial charge on any atom is -0.292 e. The summed E-state index contributed by atoms with van der Waals surface area (Å²) in [5, 5.41) is 2.27. The van der Waals surface area contributed by atoms with Crippen LogP contribution in [0, 0.1) is 23.7 Å². The van der Waals surface area contributed by atoms with Crippen molar-refractivity contribution in [1.82, 2.24) is 10.0 Å². The van der Waals surface area contributed by atoms with E-state index in [-0.39, 0.29) is 22.4 Å². The summed E-state index contributed by atoms with van der Waals surface area (Å²) in [5.74, 6) is -3.09. The van der Waals surface area contributed by atoms with E-state index in [0.29, 0.717) is 10.6 Å². The zero-order valence-corrected chi connectivity index (χ0v) is 19.2. The zero-order chi connectivity index (χ0) is 23.4. The molecular formula is C25H20Cl2N2O4. The number of nitrogens with zero attached hydrogens (tertiary/aromatic N) is 2. The van der Waals surface area contributed by atoms with Crippen LogP contribution in [0.1, 0.15) is 34.1 Å². The van der Waals surface area contributed by atoms with Crippen molar-refractivity contribution in [2.24, 2.45) is 23.7 Å². The summed E-state index contributed by atoms with van der Waals surface area (Å²) >= 11 is 12.3. The van der Waals surface area contributed by atoms with E-state index in [1.54, 1.807) is 30.3 Å². The summed E-state index contributed by atoms with van der Waals surface area (Å²) in [5.41, 5.74) is 0.415. The molecule has 2 aromatic carbocycles. The molecule has 0 aromatic heterocycles. The fourth-order valence-corrected chi connectivity index (χ4v) is 5.77. The number of rotatable bonds is 5. The number of hydrogen-bond acceptors (Lipinski definition) is 4. The van der Waals surface area contributed by atoms with Gasteiger partial charge in [0, 0.05) is 10.6 Å². The molecule has 3 aliphatic rings. The van der Waals surface area contributed by atoms with E-state index in [0.717, 1.165) is 16.4 Å². The van der Waals surface area contributed by atoms with E-state index in [4.69, 9.17) is 23.2 Å². The highest BCUT2D eigenvalue weighted by molar-refractivity contribution is 6.36. The van der Waals surface area contributed by atoms with E-state index in [9.17, 15) is 19.2 Å². The number of carbonyl (C=O) groups excluding carboxylic acids is 4. The highest BCUT2D eigenvalue weighted by atomic mass is 35.5. The summed E-state index contributed by atoms with van der Waals surface area (Å²) in [7, 11) is 0. The number of hydrogen-bond donors (Lipinski definition) is 0. The van der Waals surface area contributed by atoms with Gasteiger partial charge in [-0.15, -0.1) is 0 Å². The molecule has 1 saturated heterocycles. The zero-order valence-electron chi connectivity index (χ0n) is 17.7. The largest absolute Gasteiger partial charge is 0.292 e. The molecule has 5 atom stereocenters. The van der Waals surface area contributed by atoms with Crippen molar-refractivity contribution in [3.63, 3.8) is 0 Å². The number of benzene rings is 2. The van der Waals surface area contributed by atoms with Crippen LogP contribution >= 0.6 is 23.2 Å². The standard InChI is InChI=1S/C25H20Cl2N2O4/c1-13(22(30)14-5-3-2-4-6-14)28(23(31)18-10-9-17(26)12-19(18)27)29-24(32)20-15-7-8-16(11-15)21(20)25(29)33/h2-10,12-13,15-16,20-21H,11H2,1H3/t13-,15+,16+,20-,21-/m1/s1. The van der Waals surface area contributed by atoms with E-state index < -0.39 is 41.4 Å². The van der Waals surface area contributed by atoms with E-state index in [1.165, 1.54) is 25.1 Å². The molecule has 0 unspecified atom stereocenters. The number of carbonyl (C=O) groups is 4. The summed E-state index contributed by atoms with van der Waals surface area (Å²) in [6.45, 7) is 1.51. The van der Waals surface area contributed by atoms with E-state index in [2.05, 4.69) is 0 Å². The van der Waals surface area contributed by atoms with Crippen LogP contribution in [0.2, 0.25) is 10.0 Å². The Kier molecular flexibility index (Phi) is 5.38. The molecule has 168 valence electrons. The van der Waals surface area contributed by atoms with Gasteiger partial charge in [0.25, 0.3) is 17.7 Å². The van der Waals surface area contributed by atoms with Crippen molar-refractivity contribution in [2.75, 3.05) is 0 Å². The highest BCUT2D eigenvalue weighted by Gasteiger charge is 2.61. The second-order valence-corrected chi connectivity index (χ2v) is 9.51. The van der Waals surface area contributed by atoms with Crippen LogP contribution in [0.3, 0.4) is 0 Å². The Morgan fingerprint density at radius 1 is 0.970 bits per heavy atom. The van der Waals surface area contributed by atoms with Gasteiger partial charge >= 0.3 is 0 Å². The molecule has 2 fully saturated rings. The molecule has 1 saturated carbocycles. The van der Waals surface area contributed by atoms with Gasteiger partial charge in [-0.05, 0) is 43.4 Å². The van der Waals surface area contributed by atoms with E-state index >= 15 is 0 Å². The summed E-state index contributed by atoms with van der Waals surface area (Å²) in [4.78, 5) is 54.0. The topological polar surface area (TPSA) is 74.8 Å². The summed E-state index contributed by atoms with van der Waals surface area (Å²) in [6, 6.07) is 11.7. The van der Waals surface area contributed by atoms with Crippen LogP contribution in [0.5, 0.6) is 0 Å². The Bertz CT molecular complexity index is 1180. The lowest BCUT2D eigenvalue weighted by molar-refractivity contribution is -0.157. The number of halogens is 2. The molecule has 2 bridgehead atoms. The Labute approximate surface area is 200 Å². The van der Waals surface area contributed by atoms with Crippen molar-refractivity contribution in [2.45, 2.75) is 19.4 Å². The van der Waals surface area contributed by atoms with Gasteiger partial charge < -0.3 is 0 Å². The molecule has 3 amide bonds. The Balaban J connectivity index is 1.57. The Morgan fingerprint density at radius 2 is 1.58 bits per heavy atom. The molecule has 0 N–H and O–H groups in total. The van der Waals surface area contributed by atoms with Crippen molar-refractivity contribution >= 4 is 46.7 Å². The molecule has 0 radical (unpaired) electrons. The van der Waals surface area contributed by atoms with Crippen LogP contribution < -0.4 is 0 Å². The molecule has 0 spiro atoms. The third kappa shape index (κ3) is 3.40. The molecule has 33 heavy (non-hydrogen) atoms. The van der Waals surface area contributed by atoms with Gasteiger partial charge in [0.15, 0.2) is 5.78 Å². The molecule has 1 heterocycles. The van der Waals surface area contributed by atoms with Gasteiger partial charge in [-0.3, -0.25) is 19.2 Å². The normalized spacial score (nSPS) is 26.0. The average Bonchev–Trinajstić information content (AvgIpc) is 3.49. The Morgan fingerprint density at radius 3 is 2.15 bits per heavy atom. The highest BCUT2D eigenvalue weighted by Crippen LogP contribution is 2.53. The molecule has 6 nitrogen and oxygen atoms in total. The molecule has 5 rings (SSSR count). The molecule has 2 aromatic rings. The van der Waals surface area contributed by atoms with Crippen molar-refractivity contribution in [1.29, 1.82) is 0 Å². The number of fused-ring (bicyclic) bond motifs is 5. The fourth-order valence-electron chi connectivity index (χ4n) is 5.28. The molecular weight excluding hydrogens is 463 g/mol. The summed E-state index contributed by atoms with van der Waals surface area (Å²) in [6.07, 6.45) is 4.71. The third-order valence-electron chi connectivity index (χ3n) is 6.84. The minimum atomic E-state index is -1.12. The maximum atomic E-state index is 13.7. The van der Waals surface area contributed by atoms with E-state index in [1.807, 2.05) is 12.2 Å². The van der Waals surface area contributed by atoms with Gasteiger partial charge in [-0.25, -0.2) is 5.01 Å². The van der Waals surface area contributed by atoms with Crippen molar-refractivity contribution < 1.29 is 19.2 Å². The smallest absolute Gasteiger partial charge is 0.275 e. The lowest BCUT2D eigenvalue weighted by Gasteiger charge is -2.35. The van der Waals surface area contributed by atoms with Gasteiger partial charge in [-0.2, -0.15) is 5.01 Å². The van der Waals surface area contributed by atoms with Gasteiger partial charge in [0.05, 0.1) is 22.4 Å². The number of hydrazine groups is 1. The predicted molar refractivity (Wildman–Crippen MR) is 122 cm³/mol. The Hall–Kier alpha value is -2.96. The lowest BCUT2D eigenvalue weighted by atomic mass is 9.85. The number of amides is 3. The third-order valence-corrected chi connectivity index (χ3v) is 7.38. The number of Topliss-reactive ketones (excluding diaryl/α,β-unsaturated/α-hetero) is 1. The first-order valence-electron chi connectivity index (χ1n) is 10.7. The number of allylic oxidation sites excluding steroid dienone is 2. The van der Waals surface area contributed by atoms with Crippen molar-refractivity contribution in [3.05, 3.63) is 81.9 Å². The lowest BCUT2D eigenvalue weighted by Crippen LogP contribution is -2.57. The first-order chi connectivity index (χ1) is 15.8.